The molecule has 3 rings (SSSR count). The van der Waals surface area contributed by atoms with Gasteiger partial charge in [0.2, 0.25) is 0 Å². The van der Waals surface area contributed by atoms with Crippen molar-refractivity contribution in [2.45, 2.75) is 38.1 Å². The smallest absolute Gasteiger partial charge is 0.165 e. The third kappa shape index (κ3) is 5.35. The van der Waals surface area contributed by atoms with E-state index in [1.807, 2.05) is 42.6 Å². The van der Waals surface area contributed by atoms with Gasteiger partial charge in [-0.05, 0) is 65.5 Å². The van der Waals surface area contributed by atoms with E-state index in [1.165, 1.54) is 17.5 Å². The maximum atomic E-state index is 14.2. The van der Waals surface area contributed by atoms with Crippen LogP contribution in [-0.2, 0) is 6.42 Å². The van der Waals surface area contributed by atoms with Gasteiger partial charge in [0.1, 0.15) is 5.75 Å². The molecule has 2 aromatic carbocycles. The van der Waals surface area contributed by atoms with E-state index in [1.54, 1.807) is 17.8 Å². The van der Waals surface area contributed by atoms with Crippen LogP contribution < -0.4 is 4.74 Å². The molecule has 0 amide bonds. The number of rotatable bonds is 8. The number of halogens is 1. The quantitative estimate of drug-likeness (QED) is 0.382. The molecule has 0 saturated heterocycles. The first kappa shape index (κ1) is 20.4. The van der Waals surface area contributed by atoms with Gasteiger partial charge in [0.25, 0.3) is 0 Å². The Balaban J connectivity index is 1.80. The van der Waals surface area contributed by atoms with E-state index in [2.05, 4.69) is 37.9 Å². The van der Waals surface area contributed by atoms with Crippen LogP contribution in [0, 0.1) is 11.7 Å². The summed E-state index contributed by atoms with van der Waals surface area (Å²) in [5.74, 6) is 3.05. The topological polar surface area (TPSA) is 22.1 Å². The molecule has 1 radical (unpaired) electrons. The highest BCUT2D eigenvalue weighted by Gasteiger charge is 2.19. The molecular formula is C24H25FNOS. The Kier molecular flexibility index (Phi) is 7.10. The molecule has 0 N–H and O–H groups in total. The van der Waals surface area contributed by atoms with Crippen LogP contribution in [0.5, 0.6) is 11.5 Å². The lowest BCUT2D eigenvalue weighted by atomic mass is 9.84. The molecule has 0 spiro atoms. The predicted molar refractivity (Wildman–Crippen MR) is 115 cm³/mol. The summed E-state index contributed by atoms with van der Waals surface area (Å²) in [7, 11) is 0. The van der Waals surface area contributed by atoms with E-state index < -0.39 is 0 Å². The highest BCUT2D eigenvalue weighted by Crippen LogP contribution is 2.33. The molecule has 0 aliphatic carbocycles. The molecule has 0 bridgehead atoms. The van der Waals surface area contributed by atoms with Crippen molar-refractivity contribution < 1.29 is 9.13 Å². The summed E-state index contributed by atoms with van der Waals surface area (Å²) in [6, 6.07) is 18.6. The lowest BCUT2D eigenvalue weighted by Crippen LogP contribution is -2.09. The van der Waals surface area contributed by atoms with Crippen LogP contribution in [0.4, 0.5) is 4.39 Å². The molecule has 0 fully saturated rings. The summed E-state index contributed by atoms with van der Waals surface area (Å²) in [5.41, 5.74) is 2.21. The summed E-state index contributed by atoms with van der Waals surface area (Å²) in [4.78, 5) is 4.57. The summed E-state index contributed by atoms with van der Waals surface area (Å²) in [6.07, 6.45) is 2.73. The number of pyridine rings is 1. The fraction of sp³-hybridized carbons (Fsp3) is 0.250. The SMILES string of the molecule is CCSc1ccc(C(Cc2ccc(F)c(Oc3ccccc3)c2)[C](C)C)cn1. The summed E-state index contributed by atoms with van der Waals surface area (Å²) in [5, 5.41) is 1.04. The van der Waals surface area contributed by atoms with Crippen LogP contribution in [0.3, 0.4) is 0 Å². The van der Waals surface area contributed by atoms with E-state index in [9.17, 15) is 4.39 Å². The number of benzene rings is 2. The molecule has 1 aromatic heterocycles. The molecule has 0 aliphatic heterocycles. The number of nitrogens with zero attached hydrogens (tertiary/aromatic N) is 1. The molecule has 28 heavy (non-hydrogen) atoms. The largest absolute Gasteiger partial charge is 0.454 e. The number of hydrogen-bond acceptors (Lipinski definition) is 3. The molecule has 3 aromatic rings. The fourth-order valence-electron chi connectivity index (χ4n) is 3.09. The first-order chi connectivity index (χ1) is 13.6. The van der Waals surface area contributed by atoms with Gasteiger partial charge in [0.05, 0.1) is 5.03 Å². The Morgan fingerprint density at radius 2 is 1.86 bits per heavy atom. The van der Waals surface area contributed by atoms with E-state index >= 15 is 0 Å². The Hall–Kier alpha value is -2.33. The fourth-order valence-corrected chi connectivity index (χ4v) is 3.68. The molecule has 1 atom stereocenters. The predicted octanol–water partition coefficient (Wildman–Crippen LogP) is 7.07. The third-order valence-corrected chi connectivity index (χ3v) is 5.38. The van der Waals surface area contributed by atoms with Crippen molar-refractivity contribution in [2.24, 2.45) is 0 Å². The van der Waals surface area contributed by atoms with Crippen molar-refractivity contribution in [2.75, 3.05) is 5.75 Å². The molecule has 1 unspecified atom stereocenters. The molecule has 145 valence electrons. The average molecular weight is 395 g/mol. The van der Waals surface area contributed by atoms with Crippen LogP contribution in [0.25, 0.3) is 0 Å². The second kappa shape index (κ2) is 9.74. The van der Waals surface area contributed by atoms with E-state index in [0.29, 0.717) is 5.75 Å². The second-order valence-corrected chi connectivity index (χ2v) is 8.16. The number of para-hydroxylation sites is 1. The molecule has 1 heterocycles. The van der Waals surface area contributed by atoms with E-state index in [0.717, 1.165) is 22.8 Å². The van der Waals surface area contributed by atoms with Gasteiger partial charge >= 0.3 is 0 Å². The van der Waals surface area contributed by atoms with Gasteiger partial charge in [-0.15, -0.1) is 11.8 Å². The van der Waals surface area contributed by atoms with E-state index in [-0.39, 0.29) is 17.5 Å². The maximum absolute atomic E-state index is 14.2. The van der Waals surface area contributed by atoms with Crippen LogP contribution in [0.1, 0.15) is 37.8 Å². The molecule has 2 nitrogen and oxygen atoms in total. The minimum atomic E-state index is -0.357. The summed E-state index contributed by atoms with van der Waals surface area (Å²) in [6.45, 7) is 6.38. The molecule has 4 heteroatoms. The van der Waals surface area contributed by atoms with Crippen molar-refractivity contribution in [3.05, 3.63) is 89.7 Å². The number of ether oxygens (including phenoxy) is 1. The lowest BCUT2D eigenvalue weighted by molar-refractivity contribution is 0.441. The molecule has 0 saturated carbocycles. The van der Waals surface area contributed by atoms with Crippen molar-refractivity contribution in [1.82, 2.24) is 4.98 Å². The van der Waals surface area contributed by atoms with Gasteiger partial charge in [-0.1, -0.05) is 51.1 Å². The Morgan fingerprint density at radius 1 is 1.07 bits per heavy atom. The zero-order chi connectivity index (χ0) is 19.9. The van der Waals surface area contributed by atoms with Gasteiger partial charge in [0, 0.05) is 6.20 Å². The molecular weight excluding hydrogens is 369 g/mol. The standard InChI is InChI=1S/C24H25FNOS/c1-4-28-24-13-11-19(16-26-24)21(17(2)3)14-18-10-12-22(25)23(15-18)27-20-8-6-5-7-9-20/h5-13,15-16,21H,4,14H2,1-3H3. The Bertz CT molecular complexity index is 881. The van der Waals surface area contributed by atoms with Crippen molar-refractivity contribution >= 4 is 11.8 Å². The highest BCUT2D eigenvalue weighted by molar-refractivity contribution is 7.99. The maximum Gasteiger partial charge on any atom is 0.165 e. The minimum absolute atomic E-state index is 0.225. The third-order valence-electron chi connectivity index (χ3n) is 4.56. The first-order valence-corrected chi connectivity index (χ1v) is 10.5. The normalized spacial score (nSPS) is 12.2. The minimum Gasteiger partial charge on any atom is -0.454 e. The number of aromatic nitrogens is 1. The average Bonchev–Trinajstić information content (AvgIpc) is 2.70. The first-order valence-electron chi connectivity index (χ1n) is 9.47. The monoisotopic (exact) mass is 394 g/mol. The van der Waals surface area contributed by atoms with Gasteiger partial charge in [-0.25, -0.2) is 9.37 Å². The van der Waals surface area contributed by atoms with E-state index in [4.69, 9.17) is 4.74 Å². The Labute approximate surface area is 171 Å². The molecule has 0 aliphatic rings. The summed E-state index contributed by atoms with van der Waals surface area (Å²) >= 11 is 1.74. The van der Waals surface area contributed by atoms with Gasteiger partial charge in [-0.2, -0.15) is 0 Å². The lowest BCUT2D eigenvalue weighted by Gasteiger charge is -2.21. The highest BCUT2D eigenvalue weighted by atomic mass is 32.2. The summed E-state index contributed by atoms with van der Waals surface area (Å²) < 4.78 is 20.0. The van der Waals surface area contributed by atoms with Crippen LogP contribution in [0.2, 0.25) is 0 Å². The van der Waals surface area contributed by atoms with Gasteiger partial charge in [0.15, 0.2) is 11.6 Å². The second-order valence-electron chi connectivity index (χ2n) is 6.88. The van der Waals surface area contributed by atoms with Crippen LogP contribution >= 0.6 is 11.8 Å². The van der Waals surface area contributed by atoms with Crippen molar-refractivity contribution in [3.8, 4) is 11.5 Å². The number of thioether (sulfide) groups is 1. The number of hydrogen-bond donors (Lipinski definition) is 0. The van der Waals surface area contributed by atoms with Gasteiger partial charge < -0.3 is 4.74 Å². The van der Waals surface area contributed by atoms with Gasteiger partial charge in [-0.3, -0.25) is 0 Å². The zero-order valence-corrected chi connectivity index (χ0v) is 17.3. The van der Waals surface area contributed by atoms with Crippen molar-refractivity contribution in [1.29, 1.82) is 0 Å². The Morgan fingerprint density at radius 3 is 2.50 bits per heavy atom. The van der Waals surface area contributed by atoms with Crippen LogP contribution in [0.15, 0.2) is 71.9 Å². The zero-order valence-electron chi connectivity index (χ0n) is 16.5. The van der Waals surface area contributed by atoms with Crippen molar-refractivity contribution in [3.63, 3.8) is 0 Å². The van der Waals surface area contributed by atoms with Crippen LogP contribution in [-0.4, -0.2) is 10.7 Å².